The number of fused-ring (bicyclic) bond motifs is 1. The number of benzene rings is 2. The lowest BCUT2D eigenvalue weighted by Crippen LogP contribution is -2.51. The van der Waals surface area contributed by atoms with Crippen molar-refractivity contribution in [2.24, 2.45) is 5.41 Å². The Kier molecular flexibility index (Phi) is 7.51. The van der Waals surface area contributed by atoms with E-state index < -0.39 is 41.1 Å². The Morgan fingerprint density at radius 2 is 1.84 bits per heavy atom. The lowest BCUT2D eigenvalue weighted by atomic mass is 9.79. The summed E-state index contributed by atoms with van der Waals surface area (Å²) >= 11 is 5.90. The van der Waals surface area contributed by atoms with Crippen LogP contribution in [-0.2, 0) is 28.7 Å². The van der Waals surface area contributed by atoms with Crippen LogP contribution in [0.2, 0.25) is 5.02 Å². The van der Waals surface area contributed by atoms with E-state index >= 15 is 0 Å². The van der Waals surface area contributed by atoms with Gasteiger partial charge in [0, 0.05) is 37.8 Å². The predicted octanol–water partition coefficient (Wildman–Crippen LogP) is 5.00. The highest BCUT2D eigenvalue weighted by atomic mass is 35.5. The van der Waals surface area contributed by atoms with Crippen molar-refractivity contribution < 1.29 is 32.7 Å². The number of amides is 3. The molecule has 2 aliphatic heterocycles. The second kappa shape index (κ2) is 10.4. The Hall–Kier alpha value is -3.47. The summed E-state index contributed by atoms with van der Waals surface area (Å²) in [6, 6.07) is 9.22. The number of anilines is 2. The summed E-state index contributed by atoms with van der Waals surface area (Å²) in [5, 5.41) is 12.5. The molecular weight excluding hydrogens is 525 g/mol. The monoisotopic (exact) mass is 552 g/mol. The third-order valence-electron chi connectivity index (χ3n) is 7.27. The van der Waals surface area contributed by atoms with Crippen LogP contribution in [0.4, 0.5) is 29.3 Å². The van der Waals surface area contributed by atoms with Gasteiger partial charge in [-0.1, -0.05) is 29.8 Å². The predicted molar refractivity (Wildman–Crippen MR) is 136 cm³/mol. The van der Waals surface area contributed by atoms with Crippen molar-refractivity contribution in [3.05, 3.63) is 58.1 Å². The van der Waals surface area contributed by atoms with E-state index in [1.165, 1.54) is 13.0 Å². The summed E-state index contributed by atoms with van der Waals surface area (Å²) in [7, 11) is 0. The Morgan fingerprint density at radius 1 is 1.18 bits per heavy atom. The van der Waals surface area contributed by atoms with Gasteiger partial charge in [0.1, 0.15) is 0 Å². The molecule has 0 aliphatic carbocycles. The van der Waals surface area contributed by atoms with E-state index in [1.807, 2.05) is 24.3 Å². The van der Waals surface area contributed by atoms with Crippen molar-refractivity contribution in [3.8, 4) is 0 Å². The number of hydrogen-bond acceptors (Lipinski definition) is 4. The average Bonchev–Trinajstić information content (AvgIpc) is 2.85. The van der Waals surface area contributed by atoms with Crippen molar-refractivity contribution in [3.63, 3.8) is 0 Å². The quantitative estimate of drug-likeness (QED) is 0.436. The number of carbonyl (C=O) groups excluding carboxylic acids is 2. The van der Waals surface area contributed by atoms with E-state index in [0.717, 1.165) is 17.3 Å². The molecule has 4 N–H and O–H groups in total. The van der Waals surface area contributed by atoms with Crippen molar-refractivity contribution in [2.75, 3.05) is 24.1 Å². The molecule has 1 saturated heterocycles. The zero-order valence-corrected chi connectivity index (χ0v) is 21.4. The molecule has 12 heteroatoms. The number of halogens is 4. The van der Waals surface area contributed by atoms with Crippen molar-refractivity contribution in [2.45, 2.75) is 51.4 Å². The lowest BCUT2D eigenvalue weighted by Gasteiger charge is -2.41. The molecule has 2 heterocycles. The summed E-state index contributed by atoms with van der Waals surface area (Å²) in [6.07, 6.45) is -4.48. The number of nitrogens with zero attached hydrogens (tertiary/aromatic N) is 2. The summed E-state index contributed by atoms with van der Waals surface area (Å²) in [5.74, 6) is -1.73. The summed E-state index contributed by atoms with van der Waals surface area (Å²) in [5.41, 5.74) is 3.82. The van der Waals surface area contributed by atoms with Crippen LogP contribution in [0.25, 0.3) is 0 Å². The second-order valence-electron chi connectivity index (χ2n) is 10.1. The summed E-state index contributed by atoms with van der Waals surface area (Å²) in [4.78, 5) is 41.2. The van der Waals surface area contributed by atoms with Gasteiger partial charge in [0.15, 0.2) is 0 Å². The van der Waals surface area contributed by atoms with Crippen LogP contribution >= 0.6 is 11.6 Å². The van der Waals surface area contributed by atoms with Gasteiger partial charge in [-0.05, 0) is 55.5 Å². The maximum absolute atomic E-state index is 13.4. The Balaban J connectivity index is 1.42. The van der Waals surface area contributed by atoms with E-state index in [-0.39, 0.29) is 29.1 Å². The third kappa shape index (κ3) is 5.67. The van der Waals surface area contributed by atoms with Gasteiger partial charge < -0.3 is 26.0 Å². The van der Waals surface area contributed by atoms with Gasteiger partial charge in [0.25, 0.3) is 0 Å². The minimum absolute atomic E-state index is 0.0179. The summed E-state index contributed by atoms with van der Waals surface area (Å²) in [6.45, 7) is 2.45. The molecule has 0 bridgehead atoms. The van der Waals surface area contributed by atoms with Crippen LogP contribution in [0.1, 0.15) is 42.9 Å². The second-order valence-corrected chi connectivity index (χ2v) is 10.5. The zero-order chi connectivity index (χ0) is 27.8. The standard InChI is InChI=1S/C26H28ClF3N4O4/c1-25(23(36)37,12-15-10-18(26(28,29)30)22(31)19(27)11-15)13-21(35)33-8-6-17(7-9-33)34-14-16-4-2-3-5-20(16)32-24(34)38/h2-5,10-11,17H,6-9,12-14,31H2,1H3,(H,32,38)(H,36,37)/t25-/m0/s1. The van der Waals surface area contributed by atoms with Crippen molar-refractivity contribution in [1.82, 2.24) is 9.80 Å². The number of nitrogen functional groups attached to an aromatic ring is 1. The molecule has 0 spiro atoms. The molecule has 38 heavy (non-hydrogen) atoms. The first-order chi connectivity index (χ1) is 17.8. The lowest BCUT2D eigenvalue weighted by molar-refractivity contribution is -0.153. The third-order valence-corrected chi connectivity index (χ3v) is 7.58. The fourth-order valence-corrected chi connectivity index (χ4v) is 5.31. The number of piperidine rings is 1. The van der Waals surface area contributed by atoms with Crippen LogP contribution in [0.3, 0.4) is 0 Å². The van der Waals surface area contributed by atoms with E-state index in [0.29, 0.717) is 32.5 Å². The van der Waals surface area contributed by atoms with Gasteiger partial charge in [0.05, 0.1) is 21.7 Å². The smallest absolute Gasteiger partial charge is 0.418 e. The van der Waals surface area contributed by atoms with Gasteiger partial charge in [-0.25, -0.2) is 4.79 Å². The Bertz CT molecular complexity index is 1260. The number of carbonyl (C=O) groups is 3. The number of nitrogens with two attached hydrogens (primary N) is 1. The molecule has 0 unspecified atom stereocenters. The average molecular weight is 553 g/mol. The molecule has 8 nitrogen and oxygen atoms in total. The molecular formula is C26H28ClF3N4O4. The molecule has 0 aromatic heterocycles. The fraction of sp³-hybridized carbons (Fsp3) is 0.423. The topological polar surface area (TPSA) is 116 Å². The number of rotatable bonds is 6. The van der Waals surface area contributed by atoms with Gasteiger partial charge in [-0.15, -0.1) is 0 Å². The molecule has 1 fully saturated rings. The normalized spacial score (nSPS) is 18.0. The minimum atomic E-state index is -4.77. The van der Waals surface area contributed by atoms with Crippen molar-refractivity contribution in [1.29, 1.82) is 0 Å². The molecule has 2 aromatic rings. The molecule has 204 valence electrons. The largest absolute Gasteiger partial charge is 0.481 e. The number of alkyl halides is 3. The highest BCUT2D eigenvalue weighted by Gasteiger charge is 2.40. The number of carboxylic acid groups (broad SMARTS) is 1. The Labute approximate surface area is 222 Å². The van der Waals surface area contributed by atoms with Crippen LogP contribution in [0.15, 0.2) is 36.4 Å². The van der Waals surface area contributed by atoms with E-state index in [1.54, 1.807) is 9.80 Å². The van der Waals surface area contributed by atoms with Crippen LogP contribution in [-0.4, -0.2) is 51.9 Å². The number of hydrogen-bond donors (Lipinski definition) is 3. The maximum Gasteiger partial charge on any atom is 0.418 e. The van der Waals surface area contributed by atoms with Gasteiger partial charge in [-0.3, -0.25) is 9.59 Å². The minimum Gasteiger partial charge on any atom is -0.481 e. The Morgan fingerprint density at radius 3 is 2.47 bits per heavy atom. The first kappa shape index (κ1) is 27.6. The fourth-order valence-electron chi connectivity index (χ4n) is 5.06. The van der Waals surface area contributed by atoms with Gasteiger partial charge in [0.2, 0.25) is 5.91 Å². The number of likely N-dealkylation sites (tertiary alicyclic amines) is 1. The number of carboxylic acids is 1. The highest BCUT2D eigenvalue weighted by molar-refractivity contribution is 6.33. The number of nitrogens with one attached hydrogen (secondary N) is 1. The van der Waals surface area contributed by atoms with Gasteiger partial charge in [-0.2, -0.15) is 13.2 Å². The molecule has 1 atom stereocenters. The van der Waals surface area contributed by atoms with E-state index in [2.05, 4.69) is 5.32 Å². The van der Waals surface area contributed by atoms with Crippen LogP contribution in [0, 0.1) is 5.41 Å². The van der Waals surface area contributed by atoms with Crippen LogP contribution in [0.5, 0.6) is 0 Å². The molecule has 0 saturated carbocycles. The van der Waals surface area contributed by atoms with Gasteiger partial charge >= 0.3 is 18.2 Å². The molecule has 0 radical (unpaired) electrons. The van der Waals surface area contributed by atoms with E-state index in [4.69, 9.17) is 17.3 Å². The van der Waals surface area contributed by atoms with Crippen molar-refractivity contribution >= 4 is 40.9 Å². The number of para-hydroxylation sites is 1. The number of aliphatic carboxylic acids is 1. The molecule has 2 aromatic carbocycles. The zero-order valence-electron chi connectivity index (χ0n) is 20.6. The molecule has 4 rings (SSSR count). The van der Waals surface area contributed by atoms with E-state index in [9.17, 15) is 32.7 Å². The molecule has 2 aliphatic rings. The first-order valence-electron chi connectivity index (χ1n) is 12.1. The SMILES string of the molecule is C[C@@](CC(=O)N1CCC(N2Cc3ccccc3NC2=O)CC1)(Cc1cc(Cl)c(N)c(C(F)(F)F)c1)C(=O)O. The molecule has 3 amide bonds. The van der Waals surface area contributed by atoms with Crippen LogP contribution < -0.4 is 11.1 Å². The summed E-state index contributed by atoms with van der Waals surface area (Å²) < 4.78 is 40.1. The number of urea groups is 1. The highest BCUT2D eigenvalue weighted by Crippen LogP contribution is 2.40. The first-order valence-corrected chi connectivity index (χ1v) is 12.5. The maximum atomic E-state index is 13.4.